The first-order valence-corrected chi connectivity index (χ1v) is 8.23. The first kappa shape index (κ1) is 19.4. The average molecular weight is 357 g/mol. The van der Waals surface area contributed by atoms with E-state index in [1.165, 1.54) is 11.1 Å². The predicted octanol–water partition coefficient (Wildman–Crippen LogP) is 3.20. The maximum absolute atomic E-state index is 11.9. The molecule has 7 nitrogen and oxygen atoms in total. The van der Waals surface area contributed by atoms with E-state index in [4.69, 9.17) is 9.47 Å². The molecule has 7 heteroatoms. The Bertz CT molecular complexity index is 771. The van der Waals surface area contributed by atoms with Gasteiger partial charge < -0.3 is 14.4 Å². The van der Waals surface area contributed by atoms with E-state index in [0.29, 0.717) is 23.7 Å². The van der Waals surface area contributed by atoms with E-state index < -0.39 is 11.7 Å². The molecule has 0 atom stereocenters. The largest absolute Gasteiger partial charge is 0.475 e. The zero-order chi connectivity index (χ0) is 19.2. The minimum absolute atomic E-state index is 0.252. The second-order valence-electron chi connectivity index (χ2n) is 6.74. The second-order valence-corrected chi connectivity index (χ2v) is 6.74. The fourth-order valence-corrected chi connectivity index (χ4v) is 2.05. The average Bonchev–Trinajstić information content (AvgIpc) is 2.60. The Hall–Kier alpha value is -2.96. The zero-order valence-corrected chi connectivity index (χ0v) is 15.4. The smallest absolute Gasteiger partial charge is 0.410 e. The molecule has 0 unspecified atom stereocenters. The Kier molecular flexibility index (Phi) is 6.27. The second kappa shape index (κ2) is 8.42. The molecule has 0 aliphatic carbocycles. The molecular weight excluding hydrogens is 334 g/mol. The Morgan fingerprint density at radius 1 is 1.27 bits per heavy atom. The van der Waals surface area contributed by atoms with Crippen LogP contribution in [0.4, 0.5) is 4.79 Å². The lowest BCUT2D eigenvalue weighted by Crippen LogP contribution is -2.36. The lowest BCUT2D eigenvalue weighted by molar-refractivity contribution is 0.0277. The Morgan fingerprint density at radius 2 is 2.04 bits per heavy atom. The van der Waals surface area contributed by atoms with E-state index in [1.54, 1.807) is 31.4 Å². The Labute approximate surface area is 153 Å². The third kappa shape index (κ3) is 5.84. The van der Waals surface area contributed by atoms with Gasteiger partial charge in [0.1, 0.15) is 18.5 Å². The highest BCUT2D eigenvalue weighted by Crippen LogP contribution is 2.19. The molecule has 1 aromatic heterocycles. The molecule has 0 spiro atoms. The predicted molar refractivity (Wildman–Crippen MR) is 97.2 cm³/mol. The SMILES string of the molecule is CN(CCOc1cncc(-c2cccc(C=O)c2)n1)C(=O)OC(C)(C)C. The number of carbonyl (C=O) groups is 2. The van der Waals surface area contributed by atoms with E-state index in [0.717, 1.165) is 11.8 Å². The third-order valence-corrected chi connectivity index (χ3v) is 3.31. The van der Waals surface area contributed by atoms with Crippen LogP contribution in [-0.2, 0) is 4.74 Å². The number of nitrogens with zero attached hydrogens (tertiary/aromatic N) is 3. The van der Waals surface area contributed by atoms with Gasteiger partial charge in [-0.2, -0.15) is 0 Å². The highest BCUT2D eigenvalue weighted by atomic mass is 16.6. The fourth-order valence-electron chi connectivity index (χ4n) is 2.05. The molecule has 1 amide bonds. The van der Waals surface area contributed by atoms with Crippen LogP contribution in [0.25, 0.3) is 11.3 Å². The lowest BCUT2D eigenvalue weighted by atomic mass is 10.1. The Balaban J connectivity index is 1.94. The molecule has 0 bridgehead atoms. The first-order chi connectivity index (χ1) is 12.3. The number of hydrogen-bond acceptors (Lipinski definition) is 6. The first-order valence-electron chi connectivity index (χ1n) is 8.23. The molecule has 0 fully saturated rings. The van der Waals surface area contributed by atoms with Crippen molar-refractivity contribution in [2.24, 2.45) is 0 Å². The van der Waals surface area contributed by atoms with Crippen LogP contribution < -0.4 is 4.74 Å². The Morgan fingerprint density at radius 3 is 2.73 bits per heavy atom. The van der Waals surface area contributed by atoms with Crippen LogP contribution in [0.2, 0.25) is 0 Å². The van der Waals surface area contributed by atoms with Crippen molar-refractivity contribution in [3.05, 3.63) is 42.2 Å². The summed E-state index contributed by atoms with van der Waals surface area (Å²) in [6, 6.07) is 7.08. The monoisotopic (exact) mass is 357 g/mol. The summed E-state index contributed by atoms with van der Waals surface area (Å²) in [6.07, 6.45) is 3.47. The number of hydrogen-bond donors (Lipinski definition) is 0. The summed E-state index contributed by atoms with van der Waals surface area (Å²) in [6.45, 7) is 6.05. The maximum atomic E-state index is 11.9. The number of benzene rings is 1. The van der Waals surface area contributed by atoms with Crippen molar-refractivity contribution in [2.75, 3.05) is 20.2 Å². The van der Waals surface area contributed by atoms with Crippen molar-refractivity contribution in [2.45, 2.75) is 26.4 Å². The van der Waals surface area contributed by atoms with Gasteiger partial charge >= 0.3 is 6.09 Å². The van der Waals surface area contributed by atoms with Gasteiger partial charge in [0.05, 0.1) is 24.6 Å². The van der Waals surface area contributed by atoms with Crippen LogP contribution >= 0.6 is 0 Å². The summed E-state index contributed by atoms with van der Waals surface area (Å²) in [5, 5.41) is 0. The van der Waals surface area contributed by atoms with Crippen LogP contribution in [0.5, 0.6) is 5.88 Å². The van der Waals surface area contributed by atoms with Crippen molar-refractivity contribution >= 4 is 12.4 Å². The van der Waals surface area contributed by atoms with Crippen LogP contribution in [-0.4, -0.2) is 53.0 Å². The molecule has 2 rings (SSSR count). The van der Waals surface area contributed by atoms with Gasteiger partial charge in [-0.25, -0.2) is 9.78 Å². The number of likely N-dealkylation sites (N-methyl/N-ethyl adjacent to an activating group) is 1. The topological polar surface area (TPSA) is 81.6 Å². The van der Waals surface area contributed by atoms with Gasteiger partial charge in [0.15, 0.2) is 0 Å². The highest BCUT2D eigenvalue weighted by molar-refractivity contribution is 5.78. The minimum atomic E-state index is -0.540. The van der Waals surface area contributed by atoms with E-state index in [1.807, 2.05) is 26.8 Å². The summed E-state index contributed by atoms with van der Waals surface area (Å²) >= 11 is 0. The minimum Gasteiger partial charge on any atom is -0.475 e. The fraction of sp³-hybridized carbons (Fsp3) is 0.368. The van der Waals surface area contributed by atoms with Gasteiger partial charge in [0, 0.05) is 18.2 Å². The standard InChI is InChI=1S/C19H23N3O4/c1-19(2,3)26-18(24)22(4)8-9-25-17-12-20-11-16(21-17)15-7-5-6-14(10-15)13-23/h5-7,10-13H,8-9H2,1-4H3. The molecule has 1 heterocycles. The third-order valence-electron chi connectivity index (χ3n) is 3.31. The quantitative estimate of drug-likeness (QED) is 0.739. The van der Waals surface area contributed by atoms with Gasteiger partial charge in [-0.05, 0) is 26.8 Å². The van der Waals surface area contributed by atoms with Crippen molar-refractivity contribution in [3.8, 4) is 17.1 Å². The van der Waals surface area contributed by atoms with E-state index in [-0.39, 0.29) is 6.61 Å². The van der Waals surface area contributed by atoms with Crippen LogP contribution in [0.1, 0.15) is 31.1 Å². The number of carbonyl (C=O) groups excluding carboxylic acids is 2. The maximum Gasteiger partial charge on any atom is 0.410 e. The van der Waals surface area contributed by atoms with Crippen LogP contribution in [0.15, 0.2) is 36.7 Å². The van der Waals surface area contributed by atoms with Crippen molar-refractivity contribution in [3.63, 3.8) is 0 Å². The van der Waals surface area contributed by atoms with Crippen LogP contribution in [0, 0.1) is 0 Å². The molecular formula is C19H23N3O4. The molecule has 0 saturated heterocycles. The zero-order valence-electron chi connectivity index (χ0n) is 15.4. The number of amides is 1. The molecule has 26 heavy (non-hydrogen) atoms. The van der Waals surface area contributed by atoms with Gasteiger partial charge in [-0.1, -0.05) is 18.2 Å². The number of aromatic nitrogens is 2. The summed E-state index contributed by atoms with van der Waals surface area (Å²) < 4.78 is 10.9. The highest BCUT2D eigenvalue weighted by Gasteiger charge is 2.19. The molecule has 0 aliphatic heterocycles. The summed E-state index contributed by atoms with van der Waals surface area (Å²) in [5.41, 5.74) is 1.40. The van der Waals surface area contributed by atoms with Crippen LogP contribution in [0.3, 0.4) is 0 Å². The number of aldehydes is 1. The number of ether oxygens (including phenoxy) is 2. The molecule has 138 valence electrons. The normalized spacial score (nSPS) is 10.9. The summed E-state index contributed by atoms with van der Waals surface area (Å²) in [4.78, 5) is 32.7. The molecule has 1 aromatic carbocycles. The van der Waals surface area contributed by atoms with Gasteiger partial charge in [0.25, 0.3) is 0 Å². The van der Waals surface area contributed by atoms with E-state index >= 15 is 0 Å². The van der Waals surface area contributed by atoms with Gasteiger partial charge in [0.2, 0.25) is 5.88 Å². The summed E-state index contributed by atoms with van der Waals surface area (Å²) in [5.74, 6) is 0.344. The van der Waals surface area contributed by atoms with E-state index in [2.05, 4.69) is 9.97 Å². The molecule has 0 aliphatic rings. The summed E-state index contributed by atoms with van der Waals surface area (Å²) in [7, 11) is 1.64. The molecule has 0 N–H and O–H groups in total. The van der Waals surface area contributed by atoms with Crippen molar-refractivity contribution < 1.29 is 19.1 Å². The van der Waals surface area contributed by atoms with Crippen molar-refractivity contribution in [1.82, 2.24) is 14.9 Å². The molecule has 0 saturated carbocycles. The lowest BCUT2D eigenvalue weighted by Gasteiger charge is -2.24. The van der Waals surface area contributed by atoms with Gasteiger partial charge in [-0.3, -0.25) is 9.78 Å². The van der Waals surface area contributed by atoms with Crippen molar-refractivity contribution in [1.29, 1.82) is 0 Å². The van der Waals surface area contributed by atoms with E-state index in [9.17, 15) is 9.59 Å². The number of rotatable bonds is 6. The van der Waals surface area contributed by atoms with Gasteiger partial charge in [-0.15, -0.1) is 0 Å². The molecule has 2 aromatic rings. The molecule has 0 radical (unpaired) electrons.